The van der Waals surface area contributed by atoms with Crippen LogP contribution in [-0.2, 0) is 4.79 Å². The van der Waals surface area contributed by atoms with Crippen LogP contribution in [-0.4, -0.2) is 8.66 Å². The number of rotatable bonds is 1. The van der Waals surface area contributed by atoms with Crippen LogP contribution in [0.4, 0.5) is 0 Å². The number of carbonyl (C=O) groups excluding carboxylic acids is 1. The highest BCUT2D eigenvalue weighted by Gasteiger charge is 2.20. The van der Waals surface area contributed by atoms with Gasteiger partial charge in [0, 0.05) is 0 Å². The Morgan fingerprint density at radius 3 is 1.86 bits per heavy atom. The van der Waals surface area contributed by atoms with E-state index in [1.54, 1.807) is 13.8 Å². The Balaban J connectivity index is 3.79. The quantitative estimate of drug-likeness (QED) is 0.384. The minimum atomic E-state index is -0.403. The molecular weight excluding hydrogens is 226 g/mol. The van der Waals surface area contributed by atoms with E-state index in [-0.39, 0.29) is 5.24 Å². The molecule has 0 spiro atoms. The van der Waals surface area contributed by atoms with Crippen molar-refractivity contribution in [2.24, 2.45) is 0 Å². The number of alkyl halides is 1. The first-order chi connectivity index (χ1) is 2.94. The van der Waals surface area contributed by atoms with E-state index in [0.717, 1.165) is 0 Å². The van der Waals surface area contributed by atoms with Crippen LogP contribution in [0.5, 0.6) is 0 Å². The summed E-state index contributed by atoms with van der Waals surface area (Å²) >= 11 is 7.09. The van der Waals surface area contributed by atoms with Gasteiger partial charge in [-0.15, -0.1) is 0 Å². The summed E-state index contributed by atoms with van der Waals surface area (Å²) in [6.45, 7) is 3.53. The van der Waals surface area contributed by atoms with Crippen molar-refractivity contribution in [3.05, 3.63) is 0 Å². The maximum Gasteiger partial charge on any atom is 0.236 e. The van der Waals surface area contributed by atoms with Crippen LogP contribution >= 0.6 is 34.2 Å². The molecule has 0 aromatic carbocycles. The van der Waals surface area contributed by atoms with E-state index in [2.05, 4.69) is 0 Å². The van der Waals surface area contributed by atoms with E-state index in [9.17, 15) is 4.79 Å². The highest BCUT2D eigenvalue weighted by Crippen LogP contribution is 2.18. The first kappa shape index (κ1) is 7.69. The van der Waals surface area contributed by atoms with Crippen molar-refractivity contribution in [1.82, 2.24) is 0 Å². The van der Waals surface area contributed by atoms with Crippen LogP contribution in [0.1, 0.15) is 13.8 Å². The predicted octanol–water partition coefficient (Wildman–Crippen LogP) is 1.97. The van der Waals surface area contributed by atoms with Crippen LogP contribution in [0.25, 0.3) is 0 Å². The predicted molar refractivity (Wildman–Crippen MR) is 39.0 cm³/mol. The summed E-state index contributed by atoms with van der Waals surface area (Å²) in [5.41, 5.74) is 0. The number of carbonyl (C=O) groups is 1. The molecule has 0 unspecified atom stereocenters. The molecule has 0 aromatic heterocycles. The molecule has 0 bridgehead atoms. The molecule has 0 fully saturated rings. The lowest BCUT2D eigenvalue weighted by molar-refractivity contribution is -0.112. The zero-order valence-corrected chi connectivity index (χ0v) is 7.08. The van der Waals surface area contributed by atoms with Crippen LogP contribution in [0, 0.1) is 0 Å². The second-order valence-corrected chi connectivity index (χ2v) is 4.79. The van der Waals surface area contributed by atoms with Crippen molar-refractivity contribution in [2.75, 3.05) is 0 Å². The third kappa shape index (κ3) is 3.29. The highest BCUT2D eigenvalue weighted by molar-refractivity contribution is 14.1. The van der Waals surface area contributed by atoms with E-state index in [1.807, 2.05) is 22.6 Å². The van der Waals surface area contributed by atoms with Crippen molar-refractivity contribution < 1.29 is 4.79 Å². The first-order valence-electron chi connectivity index (χ1n) is 1.83. The van der Waals surface area contributed by atoms with Crippen molar-refractivity contribution in [1.29, 1.82) is 0 Å². The second kappa shape index (κ2) is 2.31. The van der Waals surface area contributed by atoms with Crippen molar-refractivity contribution >= 4 is 39.4 Å². The Morgan fingerprint density at radius 1 is 1.71 bits per heavy atom. The zero-order valence-electron chi connectivity index (χ0n) is 4.16. The van der Waals surface area contributed by atoms with E-state index >= 15 is 0 Å². The number of hydrogen-bond acceptors (Lipinski definition) is 1. The van der Waals surface area contributed by atoms with Crippen LogP contribution < -0.4 is 0 Å². The van der Waals surface area contributed by atoms with Gasteiger partial charge in [0.1, 0.15) is 0 Å². The Hall–Kier alpha value is 0.690. The van der Waals surface area contributed by atoms with Gasteiger partial charge in [0.25, 0.3) is 0 Å². The normalized spacial score (nSPS) is 11.4. The monoisotopic (exact) mass is 232 g/mol. The number of hydrogen-bond donors (Lipinski definition) is 0. The summed E-state index contributed by atoms with van der Waals surface area (Å²) in [5, 5.41) is -0.298. The van der Waals surface area contributed by atoms with E-state index in [1.165, 1.54) is 0 Å². The van der Waals surface area contributed by atoms with Gasteiger partial charge in [0.2, 0.25) is 5.24 Å². The van der Waals surface area contributed by atoms with E-state index in [4.69, 9.17) is 11.6 Å². The molecule has 0 atom stereocenters. The van der Waals surface area contributed by atoms with Gasteiger partial charge in [0.05, 0.1) is 3.42 Å². The molecule has 0 aliphatic heterocycles. The van der Waals surface area contributed by atoms with Gasteiger partial charge < -0.3 is 0 Å². The Labute approximate surface area is 61.6 Å². The second-order valence-electron chi connectivity index (χ2n) is 1.75. The zero-order chi connectivity index (χ0) is 6.08. The minimum Gasteiger partial charge on any atom is -0.280 e. The average molecular weight is 232 g/mol. The van der Waals surface area contributed by atoms with Crippen LogP contribution in [0.3, 0.4) is 0 Å². The maximum absolute atomic E-state index is 10.2. The standard InChI is InChI=1S/C4H6ClIO/c1-4(2,6)3(5)7/h1-2H3. The van der Waals surface area contributed by atoms with Crippen LogP contribution in [0.2, 0.25) is 0 Å². The summed E-state index contributed by atoms with van der Waals surface area (Å²) < 4.78 is -0.403. The van der Waals surface area contributed by atoms with Crippen molar-refractivity contribution in [3.8, 4) is 0 Å². The van der Waals surface area contributed by atoms with Crippen molar-refractivity contribution in [2.45, 2.75) is 17.3 Å². The maximum atomic E-state index is 10.2. The molecule has 0 amide bonds. The fraction of sp³-hybridized carbons (Fsp3) is 0.750. The molecule has 1 nitrogen and oxygen atoms in total. The molecule has 0 aliphatic rings. The fourth-order valence-electron chi connectivity index (χ4n) is 0. The van der Waals surface area contributed by atoms with Gasteiger partial charge in [0.15, 0.2) is 0 Å². The molecule has 7 heavy (non-hydrogen) atoms. The van der Waals surface area contributed by atoms with Gasteiger partial charge >= 0.3 is 0 Å². The van der Waals surface area contributed by atoms with Crippen molar-refractivity contribution in [3.63, 3.8) is 0 Å². The fourth-order valence-corrected chi connectivity index (χ4v) is 0. The third-order valence-corrected chi connectivity index (χ3v) is 1.75. The lowest BCUT2D eigenvalue weighted by Crippen LogP contribution is -2.17. The topological polar surface area (TPSA) is 17.1 Å². The van der Waals surface area contributed by atoms with Gasteiger partial charge in [-0.2, -0.15) is 0 Å². The molecule has 0 heterocycles. The Bertz CT molecular complexity index is 84.2. The Kier molecular flexibility index (Phi) is 2.53. The first-order valence-corrected chi connectivity index (χ1v) is 3.29. The minimum absolute atomic E-state index is 0.298. The largest absolute Gasteiger partial charge is 0.280 e. The molecule has 0 N–H and O–H groups in total. The summed E-state index contributed by atoms with van der Waals surface area (Å²) in [6, 6.07) is 0. The third-order valence-electron chi connectivity index (χ3n) is 0.467. The lowest BCUT2D eigenvalue weighted by Gasteiger charge is -2.06. The lowest BCUT2D eigenvalue weighted by atomic mass is 10.3. The molecule has 0 rings (SSSR count). The summed E-state index contributed by atoms with van der Waals surface area (Å²) in [4.78, 5) is 10.2. The number of halogens is 2. The van der Waals surface area contributed by atoms with Gasteiger partial charge in [-0.25, -0.2) is 0 Å². The van der Waals surface area contributed by atoms with E-state index in [0.29, 0.717) is 0 Å². The molecule has 42 valence electrons. The molecule has 0 saturated heterocycles. The average Bonchev–Trinajstić information content (AvgIpc) is 1.31. The van der Waals surface area contributed by atoms with Gasteiger partial charge in [-0.1, -0.05) is 22.6 Å². The summed E-state index contributed by atoms with van der Waals surface area (Å²) in [6.07, 6.45) is 0. The van der Waals surface area contributed by atoms with Gasteiger partial charge in [-0.05, 0) is 25.4 Å². The molecular formula is C4H6ClIO. The van der Waals surface area contributed by atoms with E-state index < -0.39 is 3.42 Å². The Morgan fingerprint density at radius 2 is 1.86 bits per heavy atom. The van der Waals surface area contributed by atoms with Gasteiger partial charge in [-0.3, -0.25) is 4.79 Å². The highest BCUT2D eigenvalue weighted by atomic mass is 127. The van der Waals surface area contributed by atoms with Crippen LogP contribution in [0.15, 0.2) is 0 Å². The molecule has 0 aliphatic carbocycles. The molecule has 0 saturated carbocycles. The molecule has 3 heteroatoms. The molecule has 0 aromatic rings. The summed E-state index contributed by atoms with van der Waals surface area (Å²) in [5.74, 6) is 0. The SMILES string of the molecule is CC(C)(I)C(=O)Cl. The summed E-state index contributed by atoms with van der Waals surface area (Å²) in [7, 11) is 0. The smallest absolute Gasteiger partial charge is 0.236 e. The molecule has 0 radical (unpaired) electrons.